The van der Waals surface area contributed by atoms with Gasteiger partial charge >= 0.3 is 0 Å². The van der Waals surface area contributed by atoms with E-state index in [4.69, 9.17) is 9.47 Å². The molecule has 4 rings (SSSR count). The Morgan fingerprint density at radius 2 is 1.79 bits per heavy atom. The molecule has 2 heterocycles. The van der Waals surface area contributed by atoms with Gasteiger partial charge in [-0.2, -0.15) is 0 Å². The molecule has 0 saturated carbocycles. The molecule has 29 heavy (non-hydrogen) atoms. The number of halogens is 2. The quantitative estimate of drug-likeness (QED) is 0.619. The Hall–Kier alpha value is -2.86. The maximum atomic E-state index is 14.4. The zero-order valence-electron chi connectivity index (χ0n) is 16.6. The van der Waals surface area contributed by atoms with E-state index in [1.54, 1.807) is 14.2 Å². The topological polar surface area (TPSA) is 26.6 Å². The molecule has 0 aliphatic carbocycles. The summed E-state index contributed by atoms with van der Waals surface area (Å²) in [6.45, 7) is 2.07. The van der Waals surface area contributed by atoms with Crippen LogP contribution >= 0.6 is 0 Å². The van der Waals surface area contributed by atoms with Crippen LogP contribution in [0.25, 0.3) is 0 Å². The second kappa shape index (κ2) is 8.25. The number of nitrogens with zero attached hydrogens (tertiary/aromatic N) is 2. The van der Waals surface area contributed by atoms with Crippen LogP contribution < -0.4 is 9.47 Å². The lowest BCUT2D eigenvalue weighted by Crippen LogP contribution is -2.30. The van der Waals surface area contributed by atoms with Gasteiger partial charge in [-0.15, -0.1) is 0 Å². The van der Waals surface area contributed by atoms with Gasteiger partial charge in [0.15, 0.2) is 11.5 Å². The molecule has 2 aromatic carbocycles. The van der Waals surface area contributed by atoms with Crippen LogP contribution in [-0.4, -0.2) is 30.2 Å². The van der Waals surface area contributed by atoms with E-state index in [0.29, 0.717) is 23.6 Å². The van der Waals surface area contributed by atoms with Gasteiger partial charge in [-0.05, 0) is 42.3 Å². The molecular formula is C23H24F2N2O2. The van der Waals surface area contributed by atoms with Crippen molar-refractivity contribution in [1.82, 2.24) is 9.47 Å². The fourth-order valence-corrected chi connectivity index (χ4v) is 4.08. The number of benzene rings is 2. The molecule has 1 aliphatic heterocycles. The minimum atomic E-state index is -0.563. The summed E-state index contributed by atoms with van der Waals surface area (Å²) in [6, 6.07) is 13.7. The smallest absolute Gasteiger partial charge is 0.161 e. The molecule has 0 amide bonds. The van der Waals surface area contributed by atoms with Crippen LogP contribution in [0.1, 0.15) is 29.3 Å². The Morgan fingerprint density at radius 3 is 2.55 bits per heavy atom. The highest BCUT2D eigenvalue weighted by Gasteiger charge is 2.28. The fraction of sp³-hybridized carbons (Fsp3) is 0.304. The lowest BCUT2D eigenvalue weighted by molar-refractivity contribution is 0.217. The first-order valence-corrected chi connectivity index (χ1v) is 9.65. The minimum Gasteiger partial charge on any atom is -0.493 e. The number of rotatable bonds is 5. The summed E-state index contributed by atoms with van der Waals surface area (Å²) in [4.78, 5) is 2.23. The van der Waals surface area contributed by atoms with Gasteiger partial charge in [-0.1, -0.05) is 12.1 Å². The molecule has 1 aromatic heterocycles. The maximum Gasteiger partial charge on any atom is 0.161 e. The Kier molecular flexibility index (Phi) is 5.53. The first-order valence-electron chi connectivity index (χ1n) is 9.65. The van der Waals surface area contributed by atoms with E-state index in [0.717, 1.165) is 36.8 Å². The molecule has 0 radical (unpaired) electrons. The van der Waals surface area contributed by atoms with Crippen LogP contribution in [0.4, 0.5) is 8.78 Å². The SMILES string of the molecule is COc1ccc(C2c3cccn3CCCN2Cc2ccc(F)cc2F)cc1OC. The van der Waals surface area contributed by atoms with E-state index >= 15 is 0 Å². The van der Waals surface area contributed by atoms with Gasteiger partial charge in [-0.25, -0.2) is 8.78 Å². The van der Waals surface area contributed by atoms with Crippen molar-refractivity contribution in [3.63, 3.8) is 0 Å². The fourth-order valence-electron chi connectivity index (χ4n) is 4.08. The van der Waals surface area contributed by atoms with E-state index in [1.165, 1.54) is 12.1 Å². The number of fused-ring (bicyclic) bond motifs is 1. The van der Waals surface area contributed by atoms with E-state index in [9.17, 15) is 8.78 Å². The Bertz CT molecular complexity index is 1000. The van der Waals surface area contributed by atoms with Crippen molar-refractivity contribution in [3.05, 3.63) is 83.2 Å². The van der Waals surface area contributed by atoms with Gasteiger partial charge < -0.3 is 14.0 Å². The lowest BCUT2D eigenvalue weighted by Gasteiger charge is -2.31. The molecule has 1 atom stereocenters. The molecule has 4 nitrogen and oxygen atoms in total. The highest BCUT2D eigenvalue weighted by molar-refractivity contribution is 5.45. The number of methoxy groups -OCH3 is 2. The van der Waals surface area contributed by atoms with E-state index in [1.807, 2.05) is 24.3 Å². The number of hydrogen-bond acceptors (Lipinski definition) is 3. The van der Waals surface area contributed by atoms with Crippen molar-refractivity contribution < 1.29 is 18.3 Å². The summed E-state index contributed by atoms with van der Waals surface area (Å²) in [5.74, 6) is 0.236. The maximum absolute atomic E-state index is 14.4. The van der Waals surface area contributed by atoms with Crippen LogP contribution in [0, 0.1) is 11.6 Å². The molecule has 0 spiro atoms. The van der Waals surface area contributed by atoms with Crippen molar-refractivity contribution in [1.29, 1.82) is 0 Å². The summed E-state index contributed by atoms with van der Waals surface area (Å²) < 4.78 is 40.9. The van der Waals surface area contributed by atoms with Crippen LogP contribution in [0.3, 0.4) is 0 Å². The van der Waals surface area contributed by atoms with Gasteiger partial charge in [-0.3, -0.25) is 4.90 Å². The molecular weight excluding hydrogens is 374 g/mol. The molecule has 0 saturated heterocycles. The lowest BCUT2D eigenvalue weighted by atomic mass is 10.00. The average Bonchev–Trinajstić information content (AvgIpc) is 3.11. The van der Waals surface area contributed by atoms with Crippen LogP contribution in [0.15, 0.2) is 54.7 Å². The van der Waals surface area contributed by atoms with Gasteiger partial charge in [0.2, 0.25) is 0 Å². The zero-order valence-corrected chi connectivity index (χ0v) is 16.6. The average molecular weight is 398 g/mol. The Balaban J connectivity index is 1.77. The summed E-state index contributed by atoms with van der Waals surface area (Å²) in [5, 5.41) is 0. The number of ether oxygens (including phenoxy) is 2. The molecule has 1 unspecified atom stereocenters. The summed E-state index contributed by atoms with van der Waals surface area (Å²) >= 11 is 0. The normalized spacial score (nSPS) is 16.9. The zero-order chi connectivity index (χ0) is 20.4. The van der Waals surface area contributed by atoms with Crippen molar-refractivity contribution in [2.75, 3.05) is 20.8 Å². The summed E-state index contributed by atoms with van der Waals surface area (Å²) in [7, 11) is 3.22. The standard InChI is InChI=1S/C23H24F2N2O2/c1-28-21-9-7-16(13-22(21)29-2)23-20-5-3-10-26(20)11-4-12-27(23)15-17-6-8-18(24)14-19(17)25/h3,5-10,13-14,23H,4,11-12,15H2,1-2H3. The predicted octanol–water partition coefficient (Wildman–Crippen LogP) is 4.78. The van der Waals surface area contributed by atoms with Gasteiger partial charge in [0, 0.05) is 43.2 Å². The number of hydrogen-bond donors (Lipinski definition) is 0. The van der Waals surface area contributed by atoms with Crippen molar-refractivity contribution in [3.8, 4) is 11.5 Å². The Labute approximate surface area is 169 Å². The summed E-state index contributed by atoms with van der Waals surface area (Å²) in [6.07, 6.45) is 3.01. The molecule has 6 heteroatoms. The minimum absolute atomic E-state index is 0.0863. The molecule has 0 bridgehead atoms. The molecule has 0 fully saturated rings. The van der Waals surface area contributed by atoms with Crippen molar-refractivity contribution >= 4 is 0 Å². The predicted molar refractivity (Wildman–Crippen MR) is 107 cm³/mol. The largest absolute Gasteiger partial charge is 0.493 e. The van der Waals surface area contributed by atoms with E-state index < -0.39 is 11.6 Å². The van der Waals surface area contributed by atoms with E-state index in [2.05, 4.69) is 21.7 Å². The summed E-state index contributed by atoms with van der Waals surface area (Å²) in [5.41, 5.74) is 2.65. The highest BCUT2D eigenvalue weighted by Crippen LogP contribution is 2.37. The van der Waals surface area contributed by atoms with Crippen LogP contribution in [0.2, 0.25) is 0 Å². The molecule has 0 N–H and O–H groups in total. The van der Waals surface area contributed by atoms with Crippen LogP contribution in [-0.2, 0) is 13.1 Å². The van der Waals surface area contributed by atoms with E-state index in [-0.39, 0.29) is 6.04 Å². The molecule has 152 valence electrons. The monoisotopic (exact) mass is 398 g/mol. The third kappa shape index (κ3) is 3.85. The molecule has 1 aliphatic rings. The number of aryl methyl sites for hydroxylation is 1. The molecule has 3 aromatic rings. The van der Waals surface area contributed by atoms with Gasteiger partial charge in [0.1, 0.15) is 11.6 Å². The van der Waals surface area contributed by atoms with Gasteiger partial charge in [0.25, 0.3) is 0 Å². The highest BCUT2D eigenvalue weighted by atomic mass is 19.1. The third-order valence-electron chi connectivity index (χ3n) is 5.47. The van der Waals surface area contributed by atoms with Crippen LogP contribution in [0.5, 0.6) is 11.5 Å². The second-order valence-corrected chi connectivity index (χ2v) is 7.20. The Morgan fingerprint density at radius 1 is 0.966 bits per heavy atom. The van der Waals surface area contributed by atoms with Crippen molar-refractivity contribution in [2.45, 2.75) is 25.6 Å². The third-order valence-corrected chi connectivity index (χ3v) is 5.47. The first kappa shape index (κ1) is 19.5. The first-order chi connectivity index (χ1) is 14.1. The van der Waals surface area contributed by atoms with Crippen molar-refractivity contribution in [2.24, 2.45) is 0 Å². The number of aromatic nitrogens is 1. The van der Waals surface area contributed by atoms with Gasteiger partial charge in [0.05, 0.1) is 20.3 Å². The second-order valence-electron chi connectivity index (χ2n) is 7.20.